The van der Waals surface area contributed by atoms with Gasteiger partial charge in [-0.15, -0.1) is 0 Å². The van der Waals surface area contributed by atoms with Gasteiger partial charge < -0.3 is 9.64 Å². The zero-order valence-corrected chi connectivity index (χ0v) is 10.5. The third kappa shape index (κ3) is 2.63. The highest BCUT2D eigenvalue weighted by Crippen LogP contribution is 2.06. The van der Waals surface area contributed by atoms with Crippen molar-refractivity contribution < 1.29 is 9.13 Å². The van der Waals surface area contributed by atoms with Crippen LogP contribution in [0, 0.1) is 5.82 Å². The first-order valence-electron chi connectivity index (χ1n) is 5.47. The number of nitrogens with zero attached hydrogens (tertiary/aromatic N) is 2. The third-order valence-electron chi connectivity index (χ3n) is 2.82. The van der Waals surface area contributed by atoms with Gasteiger partial charge in [-0.1, -0.05) is 11.6 Å². The number of aromatic amines is 1. The summed E-state index contributed by atoms with van der Waals surface area (Å²) >= 11 is 5.37. The number of ether oxygens (including phenoxy) is 1. The Kier molecular flexibility index (Phi) is 3.84. The monoisotopic (exact) mass is 277 g/mol. The van der Waals surface area contributed by atoms with Gasteiger partial charge >= 0.3 is 5.69 Å². The fourth-order valence-electron chi connectivity index (χ4n) is 1.87. The standard InChI is InChI=1S/C10H13ClFN3O3/c1-14-2-3-18-6(4-14)5-15-9(16)7(12)8(11)13-10(15)17/h6H,2-5H2,1H3,(H,13,17). The molecule has 0 aromatic carbocycles. The average molecular weight is 278 g/mol. The van der Waals surface area contributed by atoms with Gasteiger partial charge in [0.15, 0.2) is 5.15 Å². The number of likely N-dealkylation sites (N-methyl/N-ethyl adjacent to an activating group) is 1. The second-order valence-electron chi connectivity index (χ2n) is 4.23. The predicted molar refractivity (Wildman–Crippen MR) is 63.5 cm³/mol. The van der Waals surface area contributed by atoms with Crippen LogP contribution < -0.4 is 11.2 Å². The number of halogens is 2. The lowest BCUT2D eigenvalue weighted by Gasteiger charge is -2.30. The highest BCUT2D eigenvalue weighted by Gasteiger charge is 2.21. The first-order chi connectivity index (χ1) is 8.49. The van der Waals surface area contributed by atoms with Gasteiger partial charge in [-0.25, -0.2) is 4.79 Å². The zero-order chi connectivity index (χ0) is 13.3. The van der Waals surface area contributed by atoms with Crippen molar-refractivity contribution in [2.75, 3.05) is 26.7 Å². The number of aromatic nitrogens is 2. The Morgan fingerprint density at radius 2 is 2.28 bits per heavy atom. The molecule has 1 N–H and O–H groups in total. The smallest absolute Gasteiger partial charge is 0.329 e. The lowest BCUT2D eigenvalue weighted by molar-refractivity contribution is -0.0286. The molecule has 100 valence electrons. The van der Waals surface area contributed by atoms with E-state index in [0.717, 1.165) is 11.1 Å². The maximum Gasteiger partial charge on any atom is 0.329 e. The van der Waals surface area contributed by atoms with E-state index in [-0.39, 0.29) is 12.6 Å². The molecule has 18 heavy (non-hydrogen) atoms. The van der Waals surface area contributed by atoms with E-state index < -0.39 is 22.2 Å². The molecule has 1 atom stereocenters. The quantitative estimate of drug-likeness (QED) is 0.751. The Balaban J connectivity index is 2.27. The minimum Gasteiger partial charge on any atom is -0.374 e. The summed E-state index contributed by atoms with van der Waals surface area (Å²) < 4.78 is 19.5. The zero-order valence-electron chi connectivity index (χ0n) is 9.78. The summed E-state index contributed by atoms with van der Waals surface area (Å²) in [6.45, 7) is 1.89. The van der Waals surface area contributed by atoms with E-state index in [1.807, 2.05) is 11.9 Å². The molecule has 1 aromatic heterocycles. The molecule has 1 aliphatic rings. The van der Waals surface area contributed by atoms with Crippen LogP contribution in [0.4, 0.5) is 4.39 Å². The van der Waals surface area contributed by atoms with Crippen LogP contribution in [0.1, 0.15) is 0 Å². The number of hydrogen-bond donors (Lipinski definition) is 1. The number of nitrogens with one attached hydrogen (secondary N) is 1. The molecule has 1 aliphatic heterocycles. The molecule has 8 heteroatoms. The van der Waals surface area contributed by atoms with Crippen molar-refractivity contribution >= 4 is 11.6 Å². The lowest BCUT2D eigenvalue weighted by atomic mass is 10.3. The maximum atomic E-state index is 13.3. The van der Waals surface area contributed by atoms with E-state index in [1.54, 1.807) is 0 Å². The number of hydrogen-bond acceptors (Lipinski definition) is 4. The van der Waals surface area contributed by atoms with Crippen LogP contribution in [-0.4, -0.2) is 47.3 Å². The van der Waals surface area contributed by atoms with Crippen molar-refractivity contribution in [3.63, 3.8) is 0 Å². The van der Waals surface area contributed by atoms with Crippen molar-refractivity contribution in [1.82, 2.24) is 14.5 Å². The molecule has 0 aliphatic carbocycles. The van der Waals surface area contributed by atoms with Crippen LogP contribution in [-0.2, 0) is 11.3 Å². The van der Waals surface area contributed by atoms with E-state index in [9.17, 15) is 14.0 Å². The van der Waals surface area contributed by atoms with Crippen molar-refractivity contribution in [1.29, 1.82) is 0 Å². The second-order valence-corrected chi connectivity index (χ2v) is 4.61. The molecular formula is C10H13ClFN3O3. The van der Waals surface area contributed by atoms with Crippen molar-refractivity contribution in [2.24, 2.45) is 0 Å². The second kappa shape index (κ2) is 5.21. The van der Waals surface area contributed by atoms with Crippen LogP contribution in [0.2, 0.25) is 5.15 Å². The molecule has 0 spiro atoms. The fourth-order valence-corrected chi connectivity index (χ4v) is 2.03. The molecule has 2 rings (SSSR count). The van der Waals surface area contributed by atoms with E-state index >= 15 is 0 Å². The number of H-pyrrole nitrogens is 1. The Morgan fingerprint density at radius 1 is 1.56 bits per heavy atom. The van der Waals surface area contributed by atoms with Crippen LogP contribution in [0.15, 0.2) is 9.59 Å². The van der Waals surface area contributed by atoms with Crippen molar-refractivity contribution in [2.45, 2.75) is 12.6 Å². The SMILES string of the molecule is CN1CCOC(Cn2c(=O)[nH]c(Cl)c(F)c2=O)C1. The lowest BCUT2D eigenvalue weighted by Crippen LogP contribution is -2.47. The van der Waals surface area contributed by atoms with Crippen LogP contribution in [0.5, 0.6) is 0 Å². The van der Waals surface area contributed by atoms with Gasteiger partial charge in [-0.2, -0.15) is 4.39 Å². The first kappa shape index (κ1) is 13.3. The van der Waals surface area contributed by atoms with E-state index in [0.29, 0.717) is 13.2 Å². The van der Waals surface area contributed by atoms with Gasteiger partial charge in [0.05, 0.1) is 19.3 Å². The van der Waals surface area contributed by atoms with Crippen LogP contribution in [0.3, 0.4) is 0 Å². The molecule has 0 bridgehead atoms. The normalized spacial score (nSPS) is 21.2. The van der Waals surface area contributed by atoms with Gasteiger partial charge in [0.25, 0.3) is 5.56 Å². The molecule has 1 fully saturated rings. The Labute approximate surface area is 107 Å². The fraction of sp³-hybridized carbons (Fsp3) is 0.600. The third-order valence-corrected chi connectivity index (χ3v) is 3.08. The highest BCUT2D eigenvalue weighted by atomic mass is 35.5. The van der Waals surface area contributed by atoms with Crippen molar-refractivity contribution in [3.8, 4) is 0 Å². The molecule has 2 heterocycles. The molecule has 1 saturated heterocycles. The van der Waals surface area contributed by atoms with Gasteiger partial charge in [-0.3, -0.25) is 14.3 Å². The molecule has 0 amide bonds. The number of morpholine rings is 1. The minimum atomic E-state index is -1.15. The maximum absolute atomic E-state index is 13.3. The molecule has 1 unspecified atom stereocenters. The first-order valence-corrected chi connectivity index (χ1v) is 5.85. The molecule has 0 radical (unpaired) electrons. The topological polar surface area (TPSA) is 67.3 Å². The van der Waals surface area contributed by atoms with E-state index in [4.69, 9.17) is 16.3 Å². The summed E-state index contributed by atoms with van der Waals surface area (Å²) in [5, 5.41) is -0.567. The Morgan fingerprint density at radius 3 is 2.94 bits per heavy atom. The van der Waals surface area contributed by atoms with Gasteiger partial charge in [0.1, 0.15) is 0 Å². The van der Waals surface area contributed by atoms with Gasteiger partial charge in [-0.05, 0) is 7.05 Å². The largest absolute Gasteiger partial charge is 0.374 e. The van der Waals surface area contributed by atoms with Crippen LogP contribution in [0.25, 0.3) is 0 Å². The van der Waals surface area contributed by atoms with Crippen molar-refractivity contribution in [3.05, 3.63) is 31.8 Å². The highest BCUT2D eigenvalue weighted by molar-refractivity contribution is 6.29. The molecule has 1 aromatic rings. The number of rotatable bonds is 2. The van der Waals surface area contributed by atoms with Crippen LogP contribution >= 0.6 is 11.6 Å². The van der Waals surface area contributed by atoms with Gasteiger partial charge in [0, 0.05) is 13.1 Å². The van der Waals surface area contributed by atoms with E-state index in [1.165, 1.54) is 0 Å². The van der Waals surface area contributed by atoms with E-state index in [2.05, 4.69) is 4.98 Å². The summed E-state index contributed by atoms with van der Waals surface area (Å²) in [5.74, 6) is -1.15. The predicted octanol–water partition coefficient (Wildman–Crippen LogP) is -0.340. The molecular weight excluding hydrogens is 265 g/mol. The Bertz CT molecular complexity index is 556. The summed E-state index contributed by atoms with van der Waals surface area (Å²) in [7, 11) is 1.91. The average Bonchev–Trinajstić information content (AvgIpc) is 2.32. The summed E-state index contributed by atoms with van der Waals surface area (Å²) in [6.07, 6.45) is -0.317. The minimum absolute atomic E-state index is 0.00654. The van der Waals surface area contributed by atoms with Gasteiger partial charge in [0.2, 0.25) is 5.82 Å². The summed E-state index contributed by atoms with van der Waals surface area (Å²) in [5.41, 5.74) is -1.76. The molecule has 6 nitrogen and oxygen atoms in total. The molecule has 0 saturated carbocycles. The summed E-state index contributed by atoms with van der Waals surface area (Å²) in [6, 6.07) is 0. The Hall–Kier alpha value is -1.18. The summed E-state index contributed by atoms with van der Waals surface area (Å²) in [4.78, 5) is 27.2.